The minimum atomic E-state index is -0.545. The van der Waals surface area contributed by atoms with Crippen molar-refractivity contribution in [2.75, 3.05) is 6.54 Å². The number of carbonyl (C=O) groups is 1. The number of hydrogen-bond acceptors (Lipinski definition) is 3. The van der Waals surface area contributed by atoms with E-state index in [0.717, 1.165) is 6.07 Å². The normalized spacial score (nSPS) is 11.6. The lowest BCUT2D eigenvalue weighted by Crippen LogP contribution is -2.32. The quantitative estimate of drug-likeness (QED) is 0.884. The largest absolute Gasteiger partial charge is 0.508 e. The van der Waals surface area contributed by atoms with Gasteiger partial charge in [-0.3, -0.25) is 0 Å². The van der Waals surface area contributed by atoms with Gasteiger partial charge in [-0.1, -0.05) is 12.2 Å². The van der Waals surface area contributed by atoms with E-state index in [2.05, 4.69) is 5.32 Å². The molecule has 0 spiro atoms. The Morgan fingerprint density at radius 1 is 1.47 bits per heavy atom. The number of halogens is 1. The van der Waals surface area contributed by atoms with Gasteiger partial charge in [0.2, 0.25) is 0 Å². The van der Waals surface area contributed by atoms with Crippen LogP contribution in [0.2, 0.25) is 0 Å². The lowest BCUT2D eigenvalue weighted by Gasteiger charge is -2.19. The first-order valence-corrected chi connectivity index (χ1v) is 5.90. The second kappa shape index (κ2) is 6.22. The molecule has 0 radical (unpaired) electrons. The van der Waals surface area contributed by atoms with E-state index in [9.17, 15) is 9.18 Å². The number of hydrogen-bond donors (Lipinski definition) is 2. The van der Waals surface area contributed by atoms with Crippen LogP contribution in [0, 0.1) is 5.82 Å². The van der Waals surface area contributed by atoms with Crippen LogP contribution in [0.5, 0.6) is 5.75 Å². The summed E-state index contributed by atoms with van der Waals surface area (Å²) < 4.78 is 18.4. The van der Waals surface area contributed by atoms with Crippen molar-refractivity contribution < 1.29 is 19.0 Å². The van der Waals surface area contributed by atoms with Crippen LogP contribution < -0.4 is 5.32 Å². The maximum absolute atomic E-state index is 13.3. The Labute approximate surface area is 111 Å². The van der Waals surface area contributed by atoms with Gasteiger partial charge in [-0.15, -0.1) is 0 Å². The molecule has 1 rings (SSSR count). The van der Waals surface area contributed by atoms with Crippen molar-refractivity contribution in [2.24, 2.45) is 0 Å². The van der Waals surface area contributed by atoms with Gasteiger partial charge in [0.05, 0.1) is 0 Å². The molecule has 0 bridgehead atoms. The minimum absolute atomic E-state index is 0.124. The Bertz CT molecular complexity index is 478. The highest BCUT2D eigenvalue weighted by molar-refractivity contribution is 5.68. The fourth-order valence-electron chi connectivity index (χ4n) is 1.29. The second-order valence-electron chi connectivity index (χ2n) is 4.99. The van der Waals surface area contributed by atoms with E-state index in [1.54, 1.807) is 26.8 Å². The van der Waals surface area contributed by atoms with Crippen LogP contribution in [0.1, 0.15) is 26.3 Å². The summed E-state index contributed by atoms with van der Waals surface area (Å²) in [5.74, 6) is -0.643. The number of nitrogens with one attached hydrogen (secondary N) is 1. The van der Waals surface area contributed by atoms with E-state index in [4.69, 9.17) is 9.84 Å². The average molecular weight is 267 g/mol. The number of rotatable bonds is 3. The molecule has 1 aromatic rings. The number of ether oxygens (including phenoxy) is 1. The molecule has 0 atom stereocenters. The van der Waals surface area contributed by atoms with Crippen LogP contribution in [-0.2, 0) is 4.74 Å². The molecular formula is C14H18FNO3. The molecular weight excluding hydrogens is 249 g/mol. The summed E-state index contributed by atoms with van der Waals surface area (Å²) >= 11 is 0. The highest BCUT2D eigenvalue weighted by Gasteiger charge is 2.14. The Hall–Kier alpha value is -2.04. The summed E-state index contributed by atoms with van der Waals surface area (Å²) in [4.78, 5) is 11.3. The number of phenols is 1. The lowest BCUT2D eigenvalue weighted by atomic mass is 10.2. The summed E-state index contributed by atoms with van der Waals surface area (Å²) in [6.07, 6.45) is 2.59. The van der Waals surface area contributed by atoms with Gasteiger partial charge in [0.1, 0.15) is 17.2 Å². The van der Waals surface area contributed by atoms with Crippen LogP contribution >= 0.6 is 0 Å². The number of amides is 1. The molecule has 4 nitrogen and oxygen atoms in total. The van der Waals surface area contributed by atoms with Gasteiger partial charge in [0, 0.05) is 18.2 Å². The van der Waals surface area contributed by atoms with E-state index in [-0.39, 0.29) is 12.3 Å². The third-order valence-electron chi connectivity index (χ3n) is 2.04. The Balaban J connectivity index is 2.44. The predicted molar refractivity (Wildman–Crippen MR) is 71.3 cm³/mol. The molecule has 0 aromatic heterocycles. The zero-order valence-corrected chi connectivity index (χ0v) is 11.2. The molecule has 5 heteroatoms. The Kier molecular flexibility index (Phi) is 4.92. The number of carbonyl (C=O) groups excluding carboxylic acids is 1. The molecule has 1 amide bonds. The SMILES string of the molecule is CC(C)(C)OC(=O)NCC=Cc1ccc(O)cc1F. The van der Waals surface area contributed by atoms with E-state index in [0.29, 0.717) is 5.56 Å². The smallest absolute Gasteiger partial charge is 0.407 e. The third kappa shape index (κ3) is 5.90. The third-order valence-corrected chi connectivity index (χ3v) is 2.04. The molecule has 0 saturated heterocycles. The van der Waals surface area contributed by atoms with Crippen molar-refractivity contribution in [3.8, 4) is 5.75 Å². The number of aromatic hydroxyl groups is 1. The first-order valence-electron chi connectivity index (χ1n) is 5.90. The summed E-state index contributed by atoms with van der Waals surface area (Å²) in [5, 5.41) is 11.6. The summed E-state index contributed by atoms with van der Waals surface area (Å²) in [6.45, 7) is 5.55. The van der Waals surface area contributed by atoms with E-state index in [1.165, 1.54) is 18.2 Å². The van der Waals surface area contributed by atoms with Crippen molar-refractivity contribution in [3.05, 3.63) is 35.7 Å². The van der Waals surface area contributed by atoms with Crippen LogP contribution in [0.15, 0.2) is 24.3 Å². The lowest BCUT2D eigenvalue weighted by molar-refractivity contribution is 0.0534. The number of alkyl carbamates (subject to hydrolysis) is 1. The highest BCUT2D eigenvalue weighted by Crippen LogP contribution is 2.15. The zero-order chi connectivity index (χ0) is 14.5. The average Bonchev–Trinajstić information content (AvgIpc) is 2.24. The van der Waals surface area contributed by atoms with Crippen LogP contribution in [-0.4, -0.2) is 23.3 Å². The fourth-order valence-corrected chi connectivity index (χ4v) is 1.29. The van der Waals surface area contributed by atoms with Gasteiger partial charge in [0.25, 0.3) is 0 Å². The molecule has 104 valence electrons. The van der Waals surface area contributed by atoms with Crippen molar-refractivity contribution in [2.45, 2.75) is 26.4 Å². The van der Waals surface area contributed by atoms with Crippen LogP contribution in [0.4, 0.5) is 9.18 Å². The van der Waals surface area contributed by atoms with E-state index < -0.39 is 17.5 Å². The van der Waals surface area contributed by atoms with Gasteiger partial charge < -0.3 is 15.2 Å². The topological polar surface area (TPSA) is 58.6 Å². The maximum atomic E-state index is 13.3. The molecule has 0 fully saturated rings. The van der Waals surface area contributed by atoms with E-state index >= 15 is 0 Å². The first-order chi connectivity index (χ1) is 8.78. The standard InChI is InChI=1S/C14H18FNO3/c1-14(2,3)19-13(18)16-8-4-5-10-6-7-11(17)9-12(10)15/h4-7,9,17H,8H2,1-3H3,(H,16,18). The molecule has 19 heavy (non-hydrogen) atoms. The molecule has 0 saturated carbocycles. The Morgan fingerprint density at radius 3 is 2.74 bits per heavy atom. The first kappa shape index (κ1) is 15.0. The molecule has 0 aliphatic heterocycles. The predicted octanol–water partition coefficient (Wildman–Crippen LogP) is 3.07. The molecule has 2 N–H and O–H groups in total. The highest BCUT2D eigenvalue weighted by atomic mass is 19.1. The zero-order valence-electron chi connectivity index (χ0n) is 11.2. The number of benzene rings is 1. The molecule has 0 heterocycles. The molecule has 1 aromatic carbocycles. The van der Waals surface area contributed by atoms with Gasteiger partial charge in [-0.2, -0.15) is 0 Å². The van der Waals surface area contributed by atoms with Crippen LogP contribution in [0.3, 0.4) is 0 Å². The molecule has 0 aliphatic rings. The van der Waals surface area contributed by atoms with Crippen molar-refractivity contribution in [3.63, 3.8) is 0 Å². The van der Waals surface area contributed by atoms with Gasteiger partial charge in [0.15, 0.2) is 0 Å². The van der Waals surface area contributed by atoms with Gasteiger partial charge >= 0.3 is 6.09 Å². The summed E-state index contributed by atoms with van der Waals surface area (Å²) in [7, 11) is 0. The number of phenolic OH excluding ortho intramolecular Hbond substituents is 1. The Morgan fingerprint density at radius 2 is 2.16 bits per heavy atom. The van der Waals surface area contributed by atoms with Crippen LogP contribution in [0.25, 0.3) is 6.08 Å². The van der Waals surface area contributed by atoms with Gasteiger partial charge in [-0.25, -0.2) is 9.18 Å². The van der Waals surface area contributed by atoms with E-state index in [1.807, 2.05) is 0 Å². The minimum Gasteiger partial charge on any atom is -0.508 e. The van der Waals surface area contributed by atoms with Crippen molar-refractivity contribution in [1.82, 2.24) is 5.32 Å². The summed E-state index contributed by atoms with van der Waals surface area (Å²) in [6, 6.07) is 3.87. The van der Waals surface area contributed by atoms with Gasteiger partial charge in [-0.05, 0) is 32.9 Å². The molecule has 0 aliphatic carbocycles. The fraction of sp³-hybridized carbons (Fsp3) is 0.357. The molecule has 0 unspecified atom stereocenters. The van der Waals surface area contributed by atoms with Crippen molar-refractivity contribution >= 4 is 12.2 Å². The monoisotopic (exact) mass is 267 g/mol. The van der Waals surface area contributed by atoms with Crippen molar-refractivity contribution in [1.29, 1.82) is 0 Å². The second-order valence-corrected chi connectivity index (χ2v) is 4.99. The maximum Gasteiger partial charge on any atom is 0.407 e. The summed E-state index contributed by atoms with van der Waals surface area (Å²) in [5.41, 5.74) is -0.208.